The quantitative estimate of drug-likeness (QED) is 0.764. The van der Waals surface area contributed by atoms with Gasteiger partial charge in [0.2, 0.25) is 0 Å². The molecule has 0 aliphatic heterocycles. The lowest BCUT2D eigenvalue weighted by atomic mass is 9.50. The number of alkyl halides is 2. The van der Waals surface area contributed by atoms with Crippen LogP contribution in [0.5, 0.6) is 0 Å². The number of hydrogen-bond donors (Lipinski definition) is 0. The maximum absolute atomic E-state index is 12.8. The predicted octanol–water partition coefficient (Wildman–Crippen LogP) is 3.50. The topological polar surface area (TPSA) is 18.5 Å². The molecule has 4 aliphatic carbocycles. The van der Waals surface area contributed by atoms with Crippen LogP contribution in [0.25, 0.3) is 0 Å². The molecule has 4 aliphatic rings. The van der Waals surface area contributed by atoms with Gasteiger partial charge in [-0.25, -0.2) is 8.78 Å². The standard InChI is InChI=1S/C15H24F2O2/c1-14(16,17)9-19-8-13-11-3-10-4-12(13)7-15(5-10,6-11)18-2/h10-13H,3-9H2,1-2H3. The monoisotopic (exact) mass is 274 g/mol. The fourth-order valence-electron chi connectivity index (χ4n) is 4.95. The highest BCUT2D eigenvalue weighted by Crippen LogP contribution is 2.59. The SMILES string of the molecule is COC12CC3CC(C1)C(COCC(C)(F)F)C(C3)C2. The summed E-state index contributed by atoms with van der Waals surface area (Å²) in [7, 11) is 1.83. The molecule has 4 heteroatoms. The van der Waals surface area contributed by atoms with E-state index in [-0.39, 0.29) is 5.60 Å². The maximum Gasteiger partial charge on any atom is 0.268 e. The maximum atomic E-state index is 12.8. The van der Waals surface area contributed by atoms with Crippen molar-refractivity contribution in [3.8, 4) is 0 Å². The molecule has 0 aromatic heterocycles. The van der Waals surface area contributed by atoms with E-state index in [1.165, 1.54) is 19.3 Å². The summed E-state index contributed by atoms with van der Waals surface area (Å²) in [5.74, 6) is -0.198. The van der Waals surface area contributed by atoms with Crippen LogP contribution in [-0.2, 0) is 9.47 Å². The van der Waals surface area contributed by atoms with Crippen molar-refractivity contribution in [2.24, 2.45) is 23.7 Å². The minimum absolute atomic E-state index is 0.0989. The average molecular weight is 274 g/mol. The average Bonchev–Trinajstić information content (AvgIpc) is 2.30. The highest BCUT2D eigenvalue weighted by molar-refractivity contribution is 5.06. The lowest BCUT2D eigenvalue weighted by Crippen LogP contribution is -2.56. The Morgan fingerprint density at radius 2 is 1.79 bits per heavy atom. The van der Waals surface area contributed by atoms with E-state index in [2.05, 4.69) is 0 Å². The van der Waals surface area contributed by atoms with E-state index in [4.69, 9.17) is 9.47 Å². The predicted molar refractivity (Wildman–Crippen MR) is 68.2 cm³/mol. The van der Waals surface area contributed by atoms with Crippen LogP contribution in [0.1, 0.15) is 39.0 Å². The van der Waals surface area contributed by atoms with Gasteiger partial charge in [0.15, 0.2) is 0 Å². The zero-order valence-electron chi connectivity index (χ0n) is 11.8. The van der Waals surface area contributed by atoms with Crippen molar-refractivity contribution in [1.29, 1.82) is 0 Å². The van der Waals surface area contributed by atoms with Gasteiger partial charge in [-0.3, -0.25) is 0 Å². The van der Waals surface area contributed by atoms with Gasteiger partial charge in [0.1, 0.15) is 6.61 Å². The number of ether oxygens (including phenoxy) is 2. The summed E-state index contributed by atoms with van der Waals surface area (Å²) in [5.41, 5.74) is 0.0989. The molecule has 4 rings (SSSR count). The van der Waals surface area contributed by atoms with Gasteiger partial charge in [-0.05, 0) is 55.8 Å². The largest absolute Gasteiger partial charge is 0.378 e. The van der Waals surface area contributed by atoms with Crippen LogP contribution < -0.4 is 0 Å². The number of halogens is 2. The molecular weight excluding hydrogens is 250 g/mol. The highest BCUT2D eigenvalue weighted by atomic mass is 19.3. The number of hydrogen-bond acceptors (Lipinski definition) is 2. The van der Waals surface area contributed by atoms with Crippen LogP contribution in [0.2, 0.25) is 0 Å². The third kappa shape index (κ3) is 2.66. The zero-order valence-corrected chi connectivity index (χ0v) is 11.8. The Morgan fingerprint density at radius 1 is 1.16 bits per heavy atom. The van der Waals surface area contributed by atoms with E-state index >= 15 is 0 Å². The van der Waals surface area contributed by atoms with Crippen LogP contribution >= 0.6 is 0 Å². The van der Waals surface area contributed by atoms with E-state index in [0.717, 1.165) is 25.7 Å². The molecule has 2 atom stereocenters. The molecule has 2 unspecified atom stereocenters. The molecule has 0 heterocycles. The Kier molecular flexibility index (Phi) is 3.37. The van der Waals surface area contributed by atoms with Gasteiger partial charge in [-0.15, -0.1) is 0 Å². The Hall–Kier alpha value is -0.220. The van der Waals surface area contributed by atoms with Gasteiger partial charge in [-0.1, -0.05) is 0 Å². The normalized spacial score (nSPS) is 44.8. The van der Waals surface area contributed by atoms with Crippen molar-refractivity contribution in [2.45, 2.75) is 50.6 Å². The summed E-state index contributed by atoms with van der Waals surface area (Å²) in [6.07, 6.45) is 5.91. The molecule has 4 bridgehead atoms. The van der Waals surface area contributed by atoms with Gasteiger partial charge in [0.05, 0.1) is 12.2 Å². The van der Waals surface area contributed by atoms with E-state index in [9.17, 15) is 8.78 Å². The Labute approximate surface area is 113 Å². The molecule has 2 nitrogen and oxygen atoms in total. The fourth-order valence-corrected chi connectivity index (χ4v) is 4.95. The first kappa shape index (κ1) is 13.7. The Balaban J connectivity index is 1.60. The number of methoxy groups -OCH3 is 1. The molecule has 110 valence electrons. The van der Waals surface area contributed by atoms with E-state index < -0.39 is 12.5 Å². The molecule has 0 N–H and O–H groups in total. The van der Waals surface area contributed by atoms with Gasteiger partial charge in [0.25, 0.3) is 5.92 Å². The third-order valence-corrected chi connectivity index (χ3v) is 5.51. The molecular formula is C15H24F2O2. The molecule has 0 radical (unpaired) electrons. The van der Waals surface area contributed by atoms with Crippen molar-refractivity contribution in [3.63, 3.8) is 0 Å². The lowest BCUT2D eigenvalue weighted by molar-refractivity contribution is -0.183. The summed E-state index contributed by atoms with van der Waals surface area (Å²) >= 11 is 0. The first-order valence-electron chi connectivity index (χ1n) is 7.41. The summed E-state index contributed by atoms with van der Waals surface area (Å²) in [6.45, 7) is 0.983. The molecule has 19 heavy (non-hydrogen) atoms. The summed E-state index contributed by atoms with van der Waals surface area (Å²) in [4.78, 5) is 0. The summed E-state index contributed by atoms with van der Waals surface area (Å²) in [6, 6.07) is 0. The highest BCUT2D eigenvalue weighted by Gasteiger charge is 2.55. The minimum Gasteiger partial charge on any atom is -0.378 e. The van der Waals surface area contributed by atoms with E-state index in [1.807, 2.05) is 7.11 Å². The van der Waals surface area contributed by atoms with Crippen molar-refractivity contribution < 1.29 is 18.3 Å². The zero-order chi connectivity index (χ0) is 13.7. The minimum atomic E-state index is -2.71. The molecule has 0 amide bonds. The molecule has 4 saturated carbocycles. The summed E-state index contributed by atoms with van der Waals surface area (Å²) < 4.78 is 36.7. The first-order valence-corrected chi connectivity index (χ1v) is 7.41. The van der Waals surface area contributed by atoms with Crippen LogP contribution in [0.4, 0.5) is 8.78 Å². The first-order chi connectivity index (χ1) is 8.91. The Morgan fingerprint density at radius 3 is 2.32 bits per heavy atom. The van der Waals surface area contributed by atoms with E-state index in [0.29, 0.717) is 24.4 Å². The van der Waals surface area contributed by atoms with Crippen LogP contribution in [0.3, 0.4) is 0 Å². The van der Waals surface area contributed by atoms with Crippen molar-refractivity contribution in [1.82, 2.24) is 0 Å². The molecule has 0 spiro atoms. The molecule has 4 fully saturated rings. The fraction of sp³-hybridized carbons (Fsp3) is 1.00. The van der Waals surface area contributed by atoms with E-state index in [1.54, 1.807) is 0 Å². The number of rotatable bonds is 5. The molecule has 0 aromatic rings. The lowest BCUT2D eigenvalue weighted by Gasteiger charge is -2.59. The van der Waals surface area contributed by atoms with Crippen molar-refractivity contribution in [2.75, 3.05) is 20.3 Å². The van der Waals surface area contributed by atoms with Crippen LogP contribution in [0, 0.1) is 23.7 Å². The van der Waals surface area contributed by atoms with Crippen molar-refractivity contribution in [3.05, 3.63) is 0 Å². The van der Waals surface area contributed by atoms with Crippen LogP contribution in [0.15, 0.2) is 0 Å². The smallest absolute Gasteiger partial charge is 0.268 e. The van der Waals surface area contributed by atoms with Gasteiger partial charge < -0.3 is 9.47 Å². The second-order valence-electron chi connectivity index (χ2n) is 7.11. The van der Waals surface area contributed by atoms with Gasteiger partial charge in [0, 0.05) is 14.0 Å². The summed E-state index contributed by atoms with van der Waals surface area (Å²) in [5, 5.41) is 0. The third-order valence-electron chi connectivity index (χ3n) is 5.51. The van der Waals surface area contributed by atoms with Gasteiger partial charge >= 0.3 is 0 Å². The molecule has 0 aromatic carbocycles. The van der Waals surface area contributed by atoms with Gasteiger partial charge in [-0.2, -0.15) is 0 Å². The van der Waals surface area contributed by atoms with Crippen LogP contribution in [-0.4, -0.2) is 31.8 Å². The Bertz CT molecular complexity index is 324. The molecule has 0 saturated heterocycles. The second kappa shape index (κ2) is 4.66. The second-order valence-corrected chi connectivity index (χ2v) is 7.11. The van der Waals surface area contributed by atoms with Crippen molar-refractivity contribution >= 4 is 0 Å².